The zero-order chi connectivity index (χ0) is 22.3. The lowest BCUT2D eigenvalue weighted by Gasteiger charge is -2.27. The SMILES string of the molecule is Cc1cc(C(=O)N2CCSCC2)ccc1NC(=O)c1oc2c(c1C)C(=O)CC(C)(C)C2. The third kappa shape index (κ3) is 4.28. The van der Waals surface area contributed by atoms with Crippen molar-refractivity contribution in [3.8, 4) is 0 Å². The third-order valence-corrected chi connectivity index (χ3v) is 6.95. The number of anilines is 1. The molecule has 164 valence electrons. The summed E-state index contributed by atoms with van der Waals surface area (Å²) in [5, 5.41) is 2.89. The maximum Gasteiger partial charge on any atom is 0.291 e. The van der Waals surface area contributed by atoms with Gasteiger partial charge < -0.3 is 14.6 Å². The number of aryl methyl sites for hydroxylation is 1. The van der Waals surface area contributed by atoms with Gasteiger partial charge >= 0.3 is 0 Å². The number of furan rings is 1. The number of carbonyl (C=O) groups is 3. The van der Waals surface area contributed by atoms with Gasteiger partial charge in [-0.05, 0) is 43.0 Å². The Balaban J connectivity index is 1.53. The highest BCUT2D eigenvalue weighted by molar-refractivity contribution is 7.99. The van der Waals surface area contributed by atoms with Crippen LogP contribution in [0.25, 0.3) is 0 Å². The van der Waals surface area contributed by atoms with Gasteiger partial charge in [-0.15, -0.1) is 0 Å². The second-order valence-corrected chi connectivity index (χ2v) is 10.4. The Morgan fingerprint density at radius 1 is 1.13 bits per heavy atom. The molecule has 0 bridgehead atoms. The molecule has 31 heavy (non-hydrogen) atoms. The van der Waals surface area contributed by atoms with Gasteiger partial charge in [0.25, 0.3) is 11.8 Å². The first kappa shape index (κ1) is 21.7. The number of thioether (sulfide) groups is 1. The number of fused-ring (bicyclic) bond motifs is 1. The molecule has 2 heterocycles. The van der Waals surface area contributed by atoms with Crippen LogP contribution in [0, 0.1) is 19.3 Å². The summed E-state index contributed by atoms with van der Waals surface area (Å²) in [6.07, 6.45) is 1.08. The molecule has 2 aliphatic rings. The highest BCUT2D eigenvalue weighted by Crippen LogP contribution is 2.38. The van der Waals surface area contributed by atoms with Crippen molar-refractivity contribution >= 4 is 35.0 Å². The second kappa shape index (κ2) is 8.19. The molecule has 0 unspecified atom stereocenters. The summed E-state index contributed by atoms with van der Waals surface area (Å²) in [6, 6.07) is 5.32. The summed E-state index contributed by atoms with van der Waals surface area (Å²) in [7, 11) is 0. The van der Waals surface area contributed by atoms with E-state index in [0.717, 1.165) is 30.2 Å². The van der Waals surface area contributed by atoms with Crippen LogP contribution < -0.4 is 5.32 Å². The lowest BCUT2D eigenvalue weighted by Crippen LogP contribution is -2.37. The minimum absolute atomic E-state index is 0.0250. The van der Waals surface area contributed by atoms with Gasteiger partial charge in [-0.2, -0.15) is 11.8 Å². The number of carbonyl (C=O) groups excluding carboxylic acids is 3. The van der Waals surface area contributed by atoms with E-state index in [2.05, 4.69) is 5.32 Å². The van der Waals surface area contributed by atoms with E-state index in [9.17, 15) is 14.4 Å². The van der Waals surface area contributed by atoms with E-state index >= 15 is 0 Å². The van der Waals surface area contributed by atoms with Gasteiger partial charge in [-0.25, -0.2) is 0 Å². The van der Waals surface area contributed by atoms with Crippen molar-refractivity contribution in [2.45, 2.75) is 40.5 Å². The van der Waals surface area contributed by atoms with Crippen LogP contribution in [0.2, 0.25) is 0 Å². The monoisotopic (exact) mass is 440 g/mol. The Morgan fingerprint density at radius 2 is 1.84 bits per heavy atom. The van der Waals surface area contributed by atoms with Crippen LogP contribution in [0.3, 0.4) is 0 Å². The van der Waals surface area contributed by atoms with Gasteiger partial charge in [-0.1, -0.05) is 13.8 Å². The molecule has 1 saturated heterocycles. The van der Waals surface area contributed by atoms with Crippen LogP contribution in [-0.4, -0.2) is 47.1 Å². The van der Waals surface area contributed by atoms with Crippen molar-refractivity contribution < 1.29 is 18.8 Å². The predicted molar refractivity (Wildman–Crippen MR) is 122 cm³/mol. The summed E-state index contributed by atoms with van der Waals surface area (Å²) in [4.78, 5) is 40.1. The Hall–Kier alpha value is -2.54. The van der Waals surface area contributed by atoms with Gasteiger partial charge in [0.15, 0.2) is 11.5 Å². The van der Waals surface area contributed by atoms with Crippen molar-refractivity contribution in [2.24, 2.45) is 5.41 Å². The molecular weight excluding hydrogens is 412 g/mol. The van der Waals surface area contributed by atoms with Crippen LogP contribution in [-0.2, 0) is 6.42 Å². The number of hydrogen-bond acceptors (Lipinski definition) is 5. The van der Waals surface area contributed by atoms with Crippen LogP contribution in [0.5, 0.6) is 0 Å². The van der Waals surface area contributed by atoms with Gasteiger partial charge in [0, 0.05) is 54.3 Å². The smallest absolute Gasteiger partial charge is 0.291 e. The lowest BCUT2D eigenvalue weighted by molar-refractivity contribution is 0.0771. The van der Waals surface area contributed by atoms with Gasteiger partial charge in [0.1, 0.15) is 5.76 Å². The lowest BCUT2D eigenvalue weighted by atomic mass is 9.76. The van der Waals surface area contributed by atoms with Gasteiger partial charge in [0.2, 0.25) is 0 Å². The normalized spacial score (nSPS) is 17.9. The van der Waals surface area contributed by atoms with Crippen LogP contribution in [0.1, 0.15) is 68.4 Å². The number of Topliss-reactive ketones (excluding diaryl/α,β-unsaturated/α-hetero) is 1. The average Bonchev–Trinajstić information content (AvgIpc) is 3.04. The van der Waals surface area contributed by atoms with Crippen molar-refractivity contribution in [2.75, 3.05) is 29.9 Å². The first-order valence-electron chi connectivity index (χ1n) is 10.6. The van der Waals surface area contributed by atoms with E-state index in [1.54, 1.807) is 19.1 Å². The number of ketones is 1. The summed E-state index contributed by atoms with van der Waals surface area (Å²) in [5.74, 6) is 2.38. The highest BCUT2D eigenvalue weighted by Gasteiger charge is 2.37. The molecule has 2 amide bonds. The molecule has 7 heteroatoms. The molecule has 4 rings (SSSR count). The molecule has 0 saturated carbocycles. The number of amides is 2. The number of benzene rings is 1. The topological polar surface area (TPSA) is 79.6 Å². The Bertz CT molecular complexity index is 1060. The summed E-state index contributed by atoms with van der Waals surface area (Å²) < 4.78 is 5.86. The fraction of sp³-hybridized carbons (Fsp3) is 0.458. The number of rotatable bonds is 3. The molecule has 0 spiro atoms. The molecule has 1 aliphatic carbocycles. The average molecular weight is 441 g/mol. The van der Waals surface area contributed by atoms with E-state index in [0.29, 0.717) is 41.0 Å². The minimum Gasteiger partial charge on any atom is -0.455 e. The van der Waals surface area contributed by atoms with Crippen LogP contribution in [0.15, 0.2) is 22.6 Å². The van der Waals surface area contributed by atoms with Crippen LogP contribution in [0.4, 0.5) is 5.69 Å². The zero-order valence-electron chi connectivity index (χ0n) is 18.5. The minimum atomic E-state index is -0.382. The third-order valence-electron chi connectivity index (χ3n) is 6.00. The van der Waals surface area contributed by atoms with Crippen molar-refractivity contribution in [1.29, 1.82) is 0 Å². The molecule has 1 aromatic heterocycles. The quantitative estimate of drug-likeness (QED) is 0.761. The standard InChI is InChI=1S/C24H28N2O4S/c1-14-11-16(23(29)26-7-9-31-10-8-26)5-6-17(14)25-22(28)21-15(2)20-18(27)12-24(3,4)13-19(20)30-21/h5-6,11H,7-10,12-13H2,1-4H3,(H,25,28). The van der Waals surface area contributed by atoms with Gasteiger partial charge in [-0.3, -0.25) is 14.4 Å². The maximum atomic E-state index is 12.9. The zero-order valence-corrected chi connectivity index (χ0v) is 19.3. The Labute approximate surface area is 186 Å². The largest absolute Gasteiger partial charge is 0.455 e. The summed E-state index contributed by atoms with van der Waals surface area (Å²) in [6.45, 7) is 9.21. The molecule has 1 fully saturated rings. The van der Waals surface area contributed by atoms with E-state index < -0.39 is 0 Å². The number of nitrogens with one attached hydrogen (secondary N) is 1. The van der Waals surface area contributed by atoms with E-state index in [-0.39, 0.29) is 28.8 Å². The van der Waals surface area contributed by atoms with E-state index in [1.807, 2.05) is 43.5 Å². The summed E-state index contributed by atoms with van der Waals surface area (Å²) >= 11 is 1.86. The summed E-state index contributed by atoms with van der Waals surface area (Å²) in [5.41, 5.74) is 3.03. The van der Waals surface area contributed by atoms with E-state index in [4.69, 9.17) is 4.42 Å². The molecular formula is C24H28N2O4S. The van der Waals surface area contributed by atoms with Crippen molar-refractivity contribution in [3.63, 3.8) is 0 Å². The fourth-order valence-electron chi connectivity index (χ4n) is 4.36. The highest BCUT2D eigenvalue weighted by atomic mass is 32.2. The van der Waals surface area contributed by atoms with E-state index in [1.165, 1.54) is 0 Å². The Kier molecular flexibility index (Phi) is 5.73. The van der Waals surface area contributed by atoms with Crippen LogP contribution >= 0.6 is 11.8 Å². The second-order valence-electron chi connectivity index (χ2n) is 9.18. The number of hydrogen-bond donors (Lipinski definition) is 1. The molecule has 1 N–H and O–H groups in total. The predicted octanol–water partition coefficient (Wildman–Crippen LogP) is 4.49. The molecule has 0 radical (unpaired) electrons. The van der Waals surface area contributed by atoms with Crippen molar-refractivity contribution in [3.05, 3.63) is 52.0 Å². The Morgan fingerprint density at radius 3 is 2.52 bits per heavy atom. The first-order valence-corrected chi connectivity index (χ1v) is 11.8. The first-order chi connectivity index (χ1) is 14.7. The fourth-order valence-corrected chi connectivity index (χ4v) is 5.27. The molecule has 1 aliphatic heterocycles. The number of nitrogens with zero attached hydrogens (tertiary/aromatic N) is 1. The van der Waals surface area contributed by atoms with Gasteiger partial charge in [0.05, 0.1) is 5.56 Å². The maximum absolute atomic E-state index is 12.9. The molecule has 0 atom stereocenters. The molecule has 2 aromatic rings. The molecule has 6 nitrogen and oxygen atoms in total. The molecule has 1 aromatic carbocycles. The van der Waals surface area contributed by atoms with Crippen molar-refractivity contribution in [1.82, 2.24) is 4.90 Å².